The van der Waals surface area contributed by atoms with Gasteiger partial charge in [-0.15, -0.1) is 0 Å². The maximum absolute atomic E-state index is 13.2. The minimum atomic E-state index is 0.0392. The van der Waals surface area contributed by atoms with E-state index in [1.807, 2.05) is 48.2 Å². The monoisotopic (exact) mass is 357 g/mol. The number of amides is 1. The van der Waals surface area contributed by atoms with Crippen molar-refractivity contribution < 1.29 is 4.79 Å². The summed E-state index contributed by atoms with van der Waals surface area (Å²) >= 11 is 0. The van der Waals surface area contributed by atoms with Gasteiger partial charge in [0.15, 0.2) is 5.82 Å². The SMILES string of the molecule is Cc1ccc(CN2CCN(C(=O)c3ccccc3C)c3cccnc32)cc1. The fourth-order valence-corrected chi connectivity index (χ4v) is 3.53. The summed E-state index contributed by atoms with van der Waals surface area (Å²) in [7, 11) is 0. The first-order valence-electron chi connectivity index (χ1n) is 9.26. The summed E-state index contributed by atoms with van der Waals surface area (Å²) in [5.41, 5.74) is 5.13. The molecule has 1 aliphatic heterocycles. The van der Waals surface area contributed by atoms with Crippen LogP contribution in [0.4, 0.5) is 11.5 Å². The molecule has 0 saturated heterocycles. The van der Waals surface area contributed by atoms with E-state index in [1.165, 1.54) is 11.1 Å². The first-order chi connectivity index (χ1) is 13.1. The van der Waals surface area contributed by atoms with Gasteiger partial charge in [-0.1, -0.05) is 48.0 Å². The van der Waals surface area contributed by atoms with E-state index < -0.39 is 0 Å². The van der Waals surface area contributed by atoms with E-state index in [9.17, 15) is 4.79 Å². The van der Waals surface area contributed by atoms with Crippen molar-refractivity contribution in [3.05, 3.63) is 89.1 Å². The molecule has 0 radical (unpaired) electrons. The van der Waals surface area contributed by atoms with E-state index in [2.05, 4.69) is 41.1 Å². The maximum atomic E-state index is 13.2. The number of hydrogen-bond acceptors (Lipinski definition) is 3. The quantitative estimate of drug-likeness (QED) is 0.698. The first kappa shape index (κ1) is 17.3. The van der Waals surface area contributed by atoms with Crippen molar-refractivity contribution in [3.63, 3.8) is 0 Å². The fraction of sp³-hybridized carbons (Fsp3) is 0.217. The third-order valence-corrected chi connectivity index (χ3v) is 5.06. The van der Waals surface area contributed by atoms with Crippen molar-refractivity contribution >= 4 is 17.4 Å². The van der Waals surface area contributed by atoms with Crippen LogP contribution in [0.15, 0.2) is 66.9 Å². The molecule has 0 bridgehead atoms. The van der Waals surface area contributed by atoms with Gasteiger partial charge in [0.2, 0.25) is 0 Å². The summed E-state index contributed by atoms with van der Waals surface area (Å²) in [4.78, 5) is 21.9. The van der Waals surface area contributed by atoms with Crippen LogP contribution in [0.2, 0.25) is 0 Å². The van der Waals surface area contributed by atoms with E-state index in [4.69, 9.17) is 0 Å². The Kier molecular flexibility index (Phi) is 4.63. The molecule has 0 aliphatic carbocycles. The van der Waals surface area contributed by atoms with Gasteiger partial charge in [0.1, 0.15) is 0 Å². The van der Waals surface area contributed by atoms with Crippen molar-refractivity contribution in [1.29, 1.82) is 0 Å². The van der Waals surface area contributed by atoms with E-state index in [0.717, 1.165) is 35.7 Å². The van der Waals surface area contributed by atoms with Crippen molar-refractivity contribution in [2.75, 3.05) is 22.9 Å². The molecule has 2 heterocycles. The summed E-state index contributed by atoms with van der Waals surface area (Å²) in [5.74, 6) is 0.906. The molecule has 4 nitrogen and oxygen atoms in total. The number of nitrogens with zero attached hydrogens (tertiary/aromatic N) is 3. The number of carbonyl (C=O) groups excluding carboxylic acids is 1. The van der Waals surface area contributed by atoms with Crippen LogP contribution in [-0.2, 0) is 6.54 Å². The van der Waals surface area contributed by atoms with E-state index in [1.54, 1.807) is 6.20 Å². The van der Waals surface area contributed by atoms with Gasteiger partial charge in [-0.05, 0) is 43.2 Å². The van der Waals surface area contributed by atoms with Crippen molar-refractivity contribution in [3.8, 4) is 0 Å². The summed E-state index contributed by atoms with van der Waals surface area (Å²) in [5, 5.41) is 0. The molecule has 2 aromatic carbocycles. The number of benzene rings is 2. The van der Waals surface area contributed by atoms with Gasteiger partial charge in [-0.25, -0.2) is 4.98 Å². The Morgan fingerprint density at radius 3 is 2.52 bits per heavy atom. The summed E-state index contributed by atoms with van der Waals surface area (Å²) in [6, 6.07) is 20.2. The zero-order valence-electron chi connectivity index (χ0n) is 15.7. The highest BCUT2D eigenvalue weighted by molar-refractivity contribution is 6.08. The zero-order chi connectivity index (χ0) is 18.8. The second-order valence-corrected chi connectivity index (χ2v) is 7.03. The average molecular weight is 357 g/mol. The molecule has 1 aliphatic rings. The molecule has 0 atom stereocenters. The molecule has 0 N–H and O–H groups in total. The number of fused-ring (bicyclic) bond motifs is 1. The molecule has 0 saturated carbocycles. The van der Waals surface area contributed by atoms with Gasteiger partial charge >= 0.3 is 0 Å². The second-order valence-electron chi connectivity index (χ2n) is 7.03. The fourth-order valence-electron chi connectivity index (χ4n) is 3.53. The zero-order valence-corrected chi connectivity index (χ0v) is 15.7. The normalized spacial score (nSPS) is 13.4. The van der Waals surface area contributed by atoms with Crippen LogP contribution in [0.3, 0.4) is 0 Å². The lowest BCUT2D eigenvalue weighted by atomic mass is 10.1. The highest BCUT2D eigenvalue weighted by Gasteiger charge is 2.28. The predicted molar refractivity (Wildman–Crippen MR) is 109 cm³/mol. The average Bonchev–Trinajstić information content (AvgIpc) is 2.70. The Morgan fingerprint density at radius 2 is 1.74 bits per heavy atom. The molecule has 0 fully saturated rings. The third-order valence-electron chi connectivity index (χ3n) is 5.06. The van der Waals surface area contributed by atoms with Gasteiger partial charge in [0.25, 0.3) is 5.91 Å². The predicted octanol–water partition coefficient (Wildman–Crippen LogP) is 4.37. The summed E-state index contributed by atoms with van der Waals surface area (Å²) in [6.07, 6.45) is 1.79. The Bertz CT molecular complexity index is 965. The second kappa shape index (κ2) is 7.23. The molecule has 1 amide bonds. The van der Waals surface area contributed by atoms with Crippen molar-refractivity contribution in [2.24, 2.45) is 0 Å². The van der Waals surface area contributed by atoms with Gasteiger partial charge in [-0.3, -0.25) is 4.79 Å². The highest BCUT2D eigenvalue weighted by Crippen LogP contribution is 2.33. The van der Waals surface area contributed by atoms with E-state index in [-0.39, 0.29) is 5.91 Å². The molecule has 4 heteroatoms. The smallest absolute Gasteiger partial charge is 0.258 e. The minimum absolute atomic E-state index is 0.0392. The molecule has 4 rings (SSSR count). The lowest BCUT2D eigenvalue weighted by Crippen LogP contribution is -2.44. The number of rotatable bonds is 3. The summed E-state index contributed by atoms with van der Waals surface area (Å²) < 4.78 is 0. The number of aryl methyl sites for hydroxylation is 2. The molecule has 136 valence electrons. The van der Waals surface area contributed by atoms with Crippen LogP contribution < -0.4 is 9.80 Å². The molecule has 0 spiro atoms. The van der Waals surface area contributed by atoms with Crippen LogP contribution in [0.25, 0.3) is 0 Å². The van der Waals surface area contributed by atoms with Crippen LogP contribution >= 0.6 is 0 Å². The highest BCUT2D eigenvalue weighted by atomic mass is 16.2. The maximum Gasteiger partial charge on any atom is 0.258 e. The van der Waals surface area contributed by atoms with E-state index in [0.29, 0.717) is 6.54 Å². The molecular formula is C23H23N3O. The lowest BCUT2D eigenvalue weighted by Gasteiger charge is -2.37. The number of aromatic nitrogens is 1. The van der Waals surface area contributed by atoms with Gasteiger partial charge < -0.3 is 9.80 Å². The summed E-state index contributed by atoms with van der Waals surface area (Å²) in [6.45, 7) is 6.27. The van der Waals surface area contributed by atoms with Gasteiger partial charge in [0.05, 0.1) is 5.69 Å². The largest absolute Gasteiger partial charge is 0.349 e. The molecule has 27 heavy (non-hydrogen) atoms. The Morgan fingerprint density at radius 1 is 0.963 bits per heavy atom. The first-order valence-corrected chi connectivity index (χ1v) is 9.26. The number of carbonyl (C=O) groups is 1. The molecular weight excluding hydrogens is 334 g/mol. The third kappa shape index (κ3) is 3.43. The van der Waals surface area contributed by atoms with Crippen LogP contribution in [0, 0.1) is 13.8 Å². The van der Waals surface area contributed by atoms with Crippen LogP contribution in [0.1, 0.15) is 27.0 Å². The number of anilines is 2. The standard InChI is InChI=1S/C23H23N3O/c1-17-9-11-19(12-10-17)16-25-14-15-26(21-8-5-13-24-22(21)25)23(27)20-7-4-3-6-18(20)2/h3-13H,14-16H2,1-2H3. The van der Waals surface area contributed by atoms with Gasteiger partial charge in [-0.2, -0.15) is 0 Å². The van der Waals surface area contributed by atoms with Crippen LogP contribution in [-0.4, -0.2) is 24.0 Å². The van der Waals surface area contributed by atoms with Crippen molar-refractivity contribution in [1.82, 2.24) is 4.98 Å². The molecule has 0 unspecified atom stereocenters. The number of hydrogen-bond donors (Lipinski definition) is 0. The number of pyridine rings is 1. The lowest BCUT2D eigenvalue weighted by molar-refractivity contribution is 0.0986. The topological polar surface area (TPSA) is 36.4 Å². The van der Waals surface area contributed by atoms with Crippen LogP contribution in [0.5, 0.6) is 0 Å². The Balaban J connectivity index is 1.64. The molecule has 3 aromatic rings. The minimum Gasteiger partial charge on any atom is -0.349 e. The Labute approximate surface area is 160 Å². The molecule has 1 aromatic heterocycles. The Hall–Kier alpha value is -3.14. The van der Waals surface area contributed by atoms with E-state index >= 15 is 0 Å². The van der Waals surface area contributed by atoms with Gasteiger partial charge in [0, 0.05) is 31.4 Å². The van der Waals surface area contributed by atoms with Crippen molar-refractivity contribution in [2.45, 2.75) is 20.4 Å².